The highest BCUT2D eigenvalue weighted by atomic mass is 35.5. The van der Waals surface area contributed by atoms with Gasteiger partial charge in [-0.1, -0.05) is 49.7 Å². The molecule has 3 rings (SSSR count). The summed E-state index contributed by atoms with van der Waals surface area (Å²) >= 11 is 5.99. The lowest BCUT2D eigenvalue weighted by Gasteiger charge is -2.35. The molecule has 1 aliphatic rings. The molecule has 0 aromatic heterocycles. The van der Waals surface area contributed by atoms with Crippen LogP contribution in [-0.2, 0) is 11.2 Å². The third-order valence-corrected chi connectivity index (χ3v) is 6.17. The van der Waals surface area contributed by atoms with E-state index in [1.807, 2.05) is 43.0 Å². The summed E-state index contributed by atoms with van der Waals surface area (Å²) in [6, 6.07) is 14.6. The molecule has 2 aromatic rings. The number of halogens is 1. The van der Waals surface area contributed by atoms with Crippen molar-refractivity contribution in [2.24, 2.45) is 5.92 Å². The molecule has 0 unspecified atom stereocenters. The molecule has 2 N–H and O–H groups in total. The van der Waals surface area contributed by atoms with Crippen molar-refractivity contribution in [3.8, 4) is 0 Å². The molecule has 0 saturated carbocycles. The van der Waals surface area contributed by atoms with Gasteiger partial charge in [-0.15, -0.1) is 0 Å². The Bertz CT molecular complexity index is 901. The van der Waals surface area contributed by atoms with Gasteiger partial charge in [0, 0.05) is 30.1 Å². The van der Waals surface area contributed by atoms with Crippen LogP contribution in [0.5, 0.6) is 0 Å². The number of piperidine rings is 1. The van der Waals surface area contributed by atoms with Crippen LogP contribution < -0.4 is 5.32 Å². The number of likely N-dealkylation sites (tertiary alicyclic amines) is 1. The van der Waals surface area contributed by atoms with Gasteiger partial charge in [-0.3, -0.25) is 9.59 Å². The van der Waals surface area contributed by atoms with Crippen LogP contribution in [0.25, 0.3) is 0 Å². The van der Waals surface area contributed by atoms with E-state index >= 15 is 0 Å². The monoisotopic (exact) mass is 439 g/mol. The molecule has 2 amide bonds. The molecule has 1 heterocycles. The number of carbonyl (C=O) groups excluding carboxylic acids is 2. The van der Waals surface area contributed by atoms with Crippen LogP contribution in [0.15, 0.2) is 48.5 Å². The predicted octanol–water partition coefficient (Wildman–Crippen LogP) is 4.69. The van der Waals surface area contributed by atoms with Gasteiger partial charge in [0.1, 0.15) is 6.04 Å². The van der Waals surface area contributed by atoms with Crippen LogP contribution in [0.1, 0.15) is 54.1 Å². The minimum absolute atomic E-state index is 0.0115. The van der Waals surface area contributed by atoms with Crippen LogP contribution in [0.3, 0.4) is 0 Å². The van der Waals surface area contributed by atoms with Gasteiger partial charge < -0.3 is 15.6 Å². The number of benzene rings is 2. The summed E-state index contributed by atoms with van der Waals surface area (Å²) in [5.74, 6) is 0.151. The first-order valence-corrected chi connectivity index (χ1v) is 11.2. The van der Waals surface area contributed by atoms with E-state index in [1.54, 1.807) is 12.1 Å². The quantitative estimate of drug-likeness (QED) is 0.614. The molecule has 0 aliphatic carbocycles. The fourth-order valence-corrected chi connectivity index (χ4v) is 4.14. The van der Waals surface area contributed by atoms with Crippen LogP contribution in [0.4, 0.5) is 0 Å². The Morgan fingerprint density at radius 2 is 1.71 bits per heavy atom. The zero-order valence-corrected chi connectivity index (χ0v) is 18.9. The van der Waals surface area contributed by atoms with E-state index in [-0.39, 0.29) is 17.7 Å². The molecule has 1 atom stereocenters. The van der Waals surface area contributed by atoms with E-state index in [0.717, 1.165) is 23.4 Å². The van der Waals surface area contributed by atoms with Gasteiger partial charge in [-0.05, 0) is 66.3 Å². The van der Waals surface area contributed by atoms with Gasteiger partial charge in [0.15, 0.2) is 0 Å². The molecule has 0 radical (unpaired) electrons. The van der Waals surface area contributed by atoms with Crippen LogP contribution in [-0.4, -0.2) is 42.1 Å². The summed E-state index contributed by atoms with van der Waals surface area (Å²) in [6.45, 7) is 5.28. The molecular formula is C25H30ClN3O2. The largest absolute Gasteiger partial charge is 0.341 e. The third-order valence-electron chi connectivity index (χ3n) is 5.92. The highest BCUT2D eigenvalue weighted by Crippen LogP contribution is 2.29. The molecule has 0 spiro atoms. The van der Waals surface area contributed by atoms with Crippen LogP contribution in [0.2, 0.25) is 5.02 Å². The van der Waals surface area contributed by atoms with Crippen LogP contribution >= 0.6 is 11.6 Å². The molecule has 31 heavy (non-hydrogen) atoms. The number of carbonyl (C=O) groups is 2. The van der Waals surface area contributed by atoms with Crippen LogP contribution in [0, 0.1) is 11.3 Å². The van der Waals surface area contributed by atoms with Crippen molar-refractivity contribution in [2.75, 3.05) is 13.1 Å². The molecule has 1 aliphatic heterocycles. The van der Waals surface area contributed by atoms with Crippen molar-refractivity contribution in [2.45, 2.75) is 45.1 Å². The van der Waals surface area contributed by atoms with E-state index in [4.69, 9.17) is 17.0 Å². The minimum atomic E-state index is -0.555. The van der Waals surface area contributed by atoms with E-state index in [2.05, 4.69) is 17.4 Å². The molecular weight excluding hydrogens is 410 g/mol. The van der Waals surface area contributed by atoms with Gasteiger partial charge in [0.2, 0.25) is 5.91 Å². The Morgan fingerprint density at radius 1 is 1.10 bits per heavy atom. The molecule has 5 nitrogen and oxygen atoms in total. The SMILES string of the molecule is CC(C)[C@@H](NC(=O)c1ccc(CC=N)cc1)C(=O)N1CCC(c2ccc(Cl)cc2)CC1. The van der Waals surface area contributed by atoms with Crippen molar-refractivity contribution in [3.05, 3.63) is 70.2 Å². The Hall–Kier alpha value is -2.66. The zero-order chi connectivity index (χ0) is 22.4. The van der Waals surface area contributed by atoms with Gasteiger partial charge in [0.25, 0.3) is 5.91 Å². The maximum atomic E-state index is 13.2. The Morgan fingerprint density at radius 3 is 2.26 bits per heavy atom. The average molecular weight is 440 g/mol. The molecule has 6 heteroatoms. The average Bonchev–Trinajstić information content (AvgIpc) is 2.78. The summed E-state index contributed by atoms with van der Waals surface area (Å²) in [6.07, 6.45) is 3.68. The normalized spacial score (nSPS) is 15.5. The lowest BCUT2D eigenvalue weighted by Crippen LogP contribution is -2.52. The smallest absolute Gasteiger partial charge is 0.251 e. The number of nitrogens with one attached hydrogen (secondary N) is 2. The molecule has 164 valence electrons. The number of amides is 2. The van der Waals surface area contributed by atoms with E-state index < -0.39 is 6.04 Å². The first-order valence-electron chi connectivity index (χ1n) is 10.8. The van der Waals surface area contributed by atoms with Crippen molar-refractivity contribution in [1.29, 1.82) is 5.41 Å². The van der Waals surface area contributed by atoms with Gasteiger partial charge in [-0.25, -0.2) is 0 Å². The first-order chi connectivity index (χ1) is 14.9. The topological polar surface area (TPSA) is 73.3 Å². The summed E-state index contributed by atoms with van der Waals surface area (Å²) in [5, 5.41) is 10.9. The number of hydrogen-bond acceptors (Lipinski definition) is 3. The first kappa shape index (κ1) is 23.0. The molecule has 1 fully saturated rings. The maximum Gasteiger partial charge on any atom is 0.251 e. The van der Waals surface area contributed by atoms with Gasteiger partial charge >= 0.3 is 0 Å². The number of rotatable bonds is 7. The highest BCUT2D eigenvalue weighted by molar-refractivity contribution is 6.30. The number of nitrogens with zero attached hydrogens (tertiary/aromatic N) is 1. The second-order valence-corrected chi connectivity index (χ2v) is 8.89. The van der Waals surface area contributed by atoms with E-state index in [0.29, 0.717) is 31.0 Å². The lowest BCUT2D eigenvalue weighted by molar-refractivity contribution is -0.135. The second-order valence-electron chi connectivity index (χ2n) is 8.45. The second kappa shape index (κ2) is 10.6. The minimum Gasteiger partial charge on any atom is -0.341 e. The number of hydrogen-bond donors (Lipinski definition) is 2. The summed E-state index contributed by atoms with van der Waals surface area (Å²) in [5.41, 5.74) is 2.76. The van der Waals surface area contributed by atoms with Crippen molar-refractivity contribution >= 4 is 29.6 Å². The van der Waals surface area contributed by atoms with Crippen molar-refractivity contribution in [3.63, 3.8) is 0 Å². The maximum absolute atomic E-state index is 13.2. The predicted molar refractivity (Wildman–Crippen MR) is 125 cm³/mol. The fourth-order valence-electron chi connectivity index (χ4n) is 4.01. The van der Waals surface area contributed by atoms with Gasteiger partial charge in [0.05, 0.1) is 0 Å². The third kappa shape index (κ3) is 5.95. The molecule has 2 aromatic carbocycles. The molecule has 1 saturated heterocycles. The highest BCUT2D eigenvalue weighted by Gasteiger charge is 2.31. The van der Waals surface area contributed by atoms with Crippen molar-refractivity contribution < 1.29 is 9.59 Å². The summed E-state index contributed by atoms with van der Waals surface area (Å²) in [4.78, 5) is 27.8. The lowest BCUT2D eigenvalue weighted by atomic mass is 9.89. The fraction of sp³-hybridized carbons (Fsp3) is 0.400. The van der Waals surface area contributed by atoms with Gasteiger partial charge in [-0.2, -0.15) is 0 Å². The van der Waals surface area contributed by atoms with E-state index in [1.165, 1.54) is 11.8 Å². The van der Waals surface area contributed by atoms with Crippen molar-refractivity contribution in [1.82, 2.24) is 10.2 Å². The molecule has 0 bridgehead atoms. The Labute approximate surface area is 189 Å². The zero-order valence-electron chi connectivity index (χ0n) is 18.1. The summed E-state index contributed by atoms with van der Waals surface area (Å²) < 4.78 is 0. The van der Waals surface area contributed by atoms with E-state index in [9.17, 15) is 9.59 Å². The summed E-state index contributed by atoms with van der Waals surface area (Å²) in [7, 11) is 0. The Kier molecular flexibility index (Phi) is 7.85. The Balaban J connectivity index is 1.60. The standard InChI is InChI=1S/C25H30ClN3O2/c1-17(2)23(28-24(30)21-5-3-18(4-6-21)11-14-27)25(31)29-15-12-20(13-16-29)19-7-9-22(26)10-8-19/h3-10,14,17,20,23,27H,11-13,15-16H2,1-2H3,(H,28,30)/t23-/m1/s1.